The maximum Gasteiger partial charge on any atom is 0.267 e. The number of aromatic nitrogens is 3. The minimum absolute atomic E-state index is 0.168. The van der Waals surface area contributed by atoms with Crippen molar-refractivity contribution in [2.45, 2.75) is 6.92 Å². The number of carbonyl (C=O) groups is 1. The van der Waals surface area contributed by atoms with Crippen molar-refractivity contribution in [1.29, 1.82) is 0 Å². The molecule has 106 valence electrons. The second kappa shape index (κ2) is 5.24. The third kappa shape index (κ3) is 2.55. The standard InChI is InChI=1S/C15H15N5O/c1-9-4-3-5-10-7-18-15(20-13(9)10)19-11-6-12(17-8-11)14(21)16-2/h3-8,17H,1-2H3,(H,16,21)(H,18,19,20). The summed E-state index contributed by atoms with van der Waals surface area (Å²) in [6.45, 7) is 2.01. The third-order valence-electron chi connectivity index (χ3n) is 3.22. The summed E-state index contributed by atoms with van der Waals surface area (Å²) in [6, 6.07) is 7.69. The molecule has 0 unspecified atom stereocenters. The van der Waals surface area contributed by atoms with E-state index in [1.807, 2.05) is 25.1 Å². The lowest BCUT2D eigenvalue weighted by atomic mass is 10.1. The number of amides is 1. The summed E-state index contributed by atoms with van der Waals surface area (Å²) in [5.41, 5.74) is 3.23. The van der Waals surface area contributed by atoms with Crippen LogP contribution < -0.4 is 10.6 Å². The quantitative estimate of drug-likeness (QED) is 0.688. The number of carbonyl (C=O) groups excluding carboxylic acids is 1. The van der Waals surface area contributed by atoms with Gasteiger partial charge in [-0.1, -0.05) is 18.2 Å². The van der Waals surface area contributed by atoms with Crippen molar-refractivity contribution in [3.8, 4) is 0 Å². The molecule has 0 saturated heterocycles. The Labute approximate surface area is 121 Å². The summed E-state index contributed by atoms with van der Waals surface area (Å²) < 4.78 is 0. The molecule has 0 aliphatic carbocycles. The minimum atomic E-state index is -0.168. The number of rotatable bonds is 3. The molecule has 3 rings (SSSR count). The smallest absolute Gasteiger partial charge is 0.267 e. The van der Waals surface area contributed by atoms with Crippen LogP contribution in [0, 0.1) is 6.92 Å². The topological polar surface area (TPSA) is 82.7 Å². The number of hydrogen-bond acceptors (Lipinski definition) is 4. The summed E-state index contributed by atoms with van der Waals surface area (Å²) in [7, 11) is 1.59. The lowest BCUT2D eigenvalue weighted by Crippen LogP contribution is -2.17. The summed E-state index contributed by atoms with van der Waals surface area (Å²) in [6.07, 6.45) is 3.49. The summed E-state index contributed by atoms with van der Waals surface area (Å²) >= 11 is 0. The Morgan fingerprint density at radius 1 is 1.33 bits per heavy atom. The number of benzene rings is 1. The van der Waals surface area contributed by atoms with E-state index in [2.05, 4.69) is 25.6 Å². The van der Waals surface area contributed by atoms with Gasteiger partial charge in [0.2, 0.25) is 5.95 Å². The van der Waals surface area contributed by atoms with Crippen LogP contribution in [0.25, 0.3) is 10.9 Å². The predicted molar refractivity (Wildman–Crippen MR) is 81.7 cm³/mol. The van der Waals surface area contributed by atoms with E-state index in [1.165, 1.54) is 0 Å². The van der Waals surface area contributed by atoms with E-state index in [0.29, 0.717) is 11.6 Å². The summed E-state index contributed by atoms with van der Waals surface area (Å²) in [5, 5.41) is 6.65. The lowest BCUT2D eigenvalue weighted by Gasteiger charge is -2.05. The first kappa shape index (κ1) is 13.1. The van der Waals surface area contributed by atoms with Crippen LogP contribution in [0.5, 0.6) is 0 Å². The molecule has 6 nitrogen and oxygen atoms in total. The fourth-order valence-electron chi connectivity index (χ4n) is 2.13. The fraction of sp³-hybridized carbons (Fsp3) is 0.133. The number of aryl methyl sites for hydroxylation is 1. The molecule has 3 N–H and O–H groups in total. The average molecular weight is 281 g/mol. The van der Waals surface area contributed by atoms with E-state index in [-0.39, 0.29) is 5.91 Å². The number of H-pyrrole nitrogens is 1. The van der Waals surface area contributed by atoms with Crippen LogP contribution in [0.3, 0.4) is 0 Å². The first-order chi connectivity index (χ1) is 10.2. The van der Waals surface area contributed by atoms with Crippen molar-refractivity contribution in [1.82, 2.24) is 20.3 Å². The van der Waals surface area contributed by atoms with Gasteiger partial charge in [-0.25, -0.2) is 9.97 Å². The molecule has 0 radical (unpaired) electrons. The van der Waals surface area contributed by atoms with Crippen molar-refractivity contribution < 1.29 is 4.79 Å². The minimum Gasteiger partial charge on any atom is -0.355 e. The lowest BCUT2D eigenvalue weighted by molar-refractivity contribution is 0.0959. The molecular weight excluding hydrogens is 266 g/mol. The van der Waals surface area contributed by atoms with Gasteiger partial charge in [0, 0.05) is 24.8 Å². The molecule has 2 aromatic heterocycles. The van der Waals surface area contributed by atoms with E-state index in [4.69, 9.17) is 0 Å². The highest BCUT2D eigenvalue weighted by Gasteiger charge is 2.08. The molecule has 0 fully saturated rings. The van der Waals surface area contributed by atoms with Crippen molar-refractivity contribution >= 4 is 28.4 Å². The number of hydrogen-bond donors (Lipinski definition) is 3. The van der Waals surface area contributed by atoms with Gasteiger partial charge in [-0.3, -0.25) is 4.79 Å². The van der Waals surface area contributed by atoms with Gasteiger partial charge in [-0.2, -0.15) is 0 Å². The number of fused-ring (bicyclic) bond motifs is 1. The number of nitrogens with zero attached hydrogens (tertiary/aromatic N) is 2. The first-order valence-corrected chi connectivity index (χ1v) is 6.57. The molecular formula is C15H15N5O. The highest BCUT2D eigenvalue weighted by Crippen LogP contribution is 2.19. The van der Waals surface area contributed by atoms with Gasteiger partial charge in [0.05, 0.1) is 11.2 Å². The van der Waals surface area contributed by atoms with Crippen LogP contribution >= 0.6 is 0 Å². The average Bonchev–Trinajstić information content (AvgIpc) is 2.96. The van der Waals surface area contributed by atoms with Crippen LogP contribution in [0.4, 0.5) is 11.6 Å². The fourth-order valence-corrected chi connectivity index (χ4v) is 2.13. The third-order valence-corrected chi connectivity index (χ3v) is 3.22. The molecule has 0 atom stereocenters. The Bertz CT molecular complexity index is 809. The van der Waals surface area contributed by atoms with Crippen molar-refractivity contribution in [3.05, 3.63) is 47.9 Å². The molecule has 0 aliphatic rings. The van der Waals surface area contributed by atoms with Gasteiger partial charge in [-0.15, -0.1) is 0 Å². The molecule has 21 heavy (non-hydrogen) atoms. The Morgan fingerprint density at radius 3 is 3.00 bits per heavy atom. The molecule has 3 aromatic rings. The van der Waals surface area contributed by atoms with Gasteiger partial charge in [0.1, 0.15) is 5.69 Å². The first-order valence-electron chi connectivity index (χ1n) is 6.57. The SMILES string of the molecule is CNC(=O)c1cc(Nc2ncc3cccc(C)c3n2)c[nH]1. The number of anilines is 2. The zero-order valence-electron chi connectivity index (χ0n) is 11.8. The molecule has 0 saturated carbocycles. The summed E-state index contributed by atoms with van der Waals surface area (Å²) in [4.78, 5) is 23.2. The maximum atomic E-state index is 11.5. The molecule has 2 heterocycles. The Hall–Kier alpha value is -2.89. The monoisotopic (exact) mass is 281 g/mol. The van der Waals surface area contributed by atoms with E-state index in [1.54, 1.807) is 25.5 Å². The number of para-hydroxylation sites is 1. The van der Waals surface area contributed by atoms with Crippen LogP contribution in [-0.4, -0.2) is 27.9 Å². The molecule has 6 heteroatoms. The Kier molecular flexibility index (Phi) is 3.27. The van der Waals surface area contributed by atoms with Gasteiger partial charge in [-0.05, 0) is 18.6 Å². The number of aromatic amines is 1. The van der Waals surface area contributed by atoms with E-state index < -0.39 is 0 Å². The van der Waals surface area contributed by atoms with Crippen LogP contribution in [0.1, 0.15) is 16.1 Å². The summed E-state index contributed by atoms with van der Waals surface area (Å²) in [5.74, 6) is 0.331. The normalized spacial score (nSPS) is 10.6. The zero-order valence-corrected chi connectivity index (χ0v) is 11.8. The van der Waals surface area contributed by atoms with Crippen molar-refractivity contribution in [2.24, 2.45) is 0 Å². The van der Waals surface area contributed by atoms with Crippen LogP contribution in [0.2, 0.25) is 0 Å². The molecule has 1 amide bonds. The second-order valence-electron chi connectivity index (χ2n) is 4.71. The molecule has 0 spiro atoms. The van der Waals surface area contributed by atoms with Crippen molar-refractivity contribution in [2.75, 3.05) is 12.4 Å². The van der Waals surface area contributed by atoms with E-state index in [9.17, 15) is 4.79 Å². The highest BCUT2D eigenvalue weighted by molar-refractivity contribution is 5.93. The van der Waals surface area contributed by atoms with E-state index in [0.717, 1.165) is 22.2 Å². The Morgan fingerprint density at radius 2 is 2.19 bits per heavy atom. The van der Waals surface area contributed by atoms with Crippen LogP contribution in [0.15, 0.2) is 36.7 Å². The second-order valence-corrected chi connectivity index (χ2v) is 4.71. The van der Waals surface area contributed by atoms with E-state index >= 15 is 0 Å². The molecule has 1 aromatic carbocycles. The van der Waals surface area contributed by atoms with Gasteiger partial charge < -0.3 is 15.6 Å². The van der Waals surface area contributed by atoms with Gasteiger partial charge in [0.25, 0.3) is 5.91 Å². The number of nitrogens with one attached hydrogen (secondary N) is 3. The zero-order chi connectivity index (χ0) is 14.8. The predicted octanol–water partition coefficient (Wildman–Crippen LogP) is 2.37. The molecule has 0 aliphatic heterocycles. The van der Waals surface area contributed by atoms with Gasteiger partial charge in [0.15, 0.2) is 0 Å². The van der Waals surface area contributed by atoms with Crippen molar-refractivity contribution in [3.63, 3.8) is 0 Å². The Balaban J connectivity index is 1.89. The van der Waals surface area contributed by atoms with Gasteiger partial charge >= 0.3 is 0 Å². The largest absolute Gasteiger partial charge is 0.355 e. The highest BCUT2D eigenvalue weighted by atomic mass is 16.1. The molecule has 0 bridgehead atoms. The van der Waals surface area contributed by atoms with Crippen LogP contribution in [-0.2, 0) is 0 Å². The maximum absolute atomic E-state index is 11.5.